The van der Waals surface area contributed by atoms with Gasteiger partial charge in [0.25, 0.3) is 5.91 Å². The number of amides is 1. The van der Waals surface area contributed by atoms with Crippen LogP contribution in [0.5, 0.6) is 11.6 Å². The first kappa shape index (κ1) is 22.8. The number of anilines is 4. The Morgan fingerprint density at radius 3 is 2.53 bits per heavy atom. The maximum absolute atomic E-state index is 12.0. The molecule has 0 bridgehead atoms. The minimum Gasteiger partial charge on any atom is -0.437 e. The van der Waals surface area contributed by atoms with Crippen LogP contribution in [0.25, 0.3) is 0 Å². The third-order valence-corrected chi connectivity index (χ3v) is 4.77. The maximum atomic E-state index is 12.0. The quantitative estimate of drug-likeness (QED) is 0.413. The van der Waals surface area contributed by atoms with Crippen molar-refractivity contribution in [2.75, 3.05) is 43.3 Å². The molecule has 0 unspecified atom stereocenters. The average Bonchev–Trinajstić information content (AvgIpc) is 2.78. The van der Waals surface area contributed by atoms with Gasteiger partial charge in [-0.1, -0.05) is 13.0 Å². The highest BCUT2D eigenvalue weighted by Gasteiger charge is 2.19. The number of hydrogen-bond acceptors (Lipinski definition) is 8. The standard InChI is InChI=1S/C23H28N6O3/c1-4-19-23(32-18-7-5-6-15(24)14-18)28-22(20(27-19)21(25)30)26-16-8-10-17(11-9-16)29(2)12-13-31-3/h5-11,14H,4,12-13,24H2,1-3H3,(H2,25,30)(H,26,28). The summed E-state index contributed by atoms with van der Waals surface area (Å²) in [5.41, 5.74) is 14.3. The Kier molecular flexibility index (Phi) is 7.45. The monoisotopic (exact) mass is 436 g/mol. The fourth-order valence-corrected chi connectivity index (χ4v) is 3.01. The summed E-state index contributed by atoms with van der Waals surface area (Å²) in [6, 6.07) is 14.7. The number of carbonyl (C=O) groups is 1. The van der Waals surface area contributed by atoms with Crippen LogP contribution in [0.1, 0.15) is 23.1 Å². The molecule has 9 heteroatoms. The van der Waals surface area contributed by atoms with Crippen LogP contribution in [0.15, 0.2) is 48.5 Å². The van der Waals surface area contributed by atoms with E-state index in [0.717, 1.165) is 17.9 Å². The Morgan fingerprint density at radius 2 is 1.91 bits per heavy atom. The van der Waals surface area contributed by atoms with Crippen molar-refractivity contribution >= 4 is 28.8 Å². The minimum absolute atomic E-state index is 0.0445. The highest BCUT2D eigenvalue weighted by Crippen LogP contribution is 2.29. The van der Waals surface area contributed by atoms with E-state index in [4.69, 9.17) is 20.9 Å². The van der Waals surface area contributed by atoms with Gasteiger partial charge in [-0.05, 0) is 42.8 Å². The number of nitrogens with zero attached hydrogens (tertiary/aromatic N) is 3. The number of nitrogen functional groups attached to an aromatic ring is 1. The minimum atomic E-state index is -0.680. The van der Waals surface area contributed by atoms with Crippen LogP contribution in [0.2, 0.25) is 0 Å². The molecule has 0 fully saturated rings. The zero-order valence-electron chi connectivity index (χ0n) is 18.5. The Bertz CT molecular complexity index is 1070. The van der Waals surface area contributed by atoms with Crippen LogP contribution in [-0.2, 0) is 11.2 Å². The van der Waals surface area contributed by atoms with Crippen LogP contribution < -0.4 is 26.4 Å². The van der Waals surface area contributed by atoms with E-state index < -0.39 is 5.91 Å². The first-order chi connectivity index (χ1) is 15.4. The smallest absolute Gasteiger partial charge is 0.271 e. The van der Waals surface area contributed by atoms with Crippen molar-refractivity contribution in [2.24, 2.45) is 5.73 Å². The van der Waals surface area contributed by atoms with Crippen molar-refractivity contribution in [3.8, 4) is 11.6 Å². The van der Waals surface area contributed by atoms with Gasteiger partial charge in [0.2, 0.25) is 5.88 Å². The van der Waals surface area contributed by atoms with Crippen LogP contribution in [0.4, 0.5) is 22.9 Å². The molecule has 0 aliphatic heterocycles. The van der Waals surface area contributed by atoms with Gasteiger partial charge in [0.1, 0.15) is 11.4 Å². The number of methoxy groups -OCH3 is 1. The number of primary amides is 1. The summed E-state index contributed by atoms with van der Waals surface area (Å²) in [5, 5.41) is 3.13. The van der Waals surface area contributed by atoms with Crippen LogP contribution in [0.3, 0.4) is 0 Å². The molecule has 1 heterocycles. The molecule has 168 valence electrons. The average molecular weight is 437 g/mol. The summed E-state index contributed by atoms with van der Waals surface area (Å²) in [6.07, 6.45) is 0.508. The van der Waals surface area contributed by atoms with Gasteiger partial charge in [-0.2, -0.15) is 4.98 Å². The maximum Gasteiger partial charge on any atom is 0.271 e. The molecule has 0 saturated heterocycles. The predicted octanol–water partition coefficient (Wildman–Crippen LogP) is 3.34. The summed E-state index contributed by atoms with van der Waals surface area (Å²) in [4.78, 5) is 23.0. The van der Waals surface area contributed by atoms with Gasteiger partial charge in [-0.15, -0.1) is 0 Å². The van der Waals surface area contributed by atoms with Crippen molar-refractivity contribution in [3.05, 3.63) is 59.9 Å². The lowest BCUT2D eigenvalue weighted by Crippen LogP contribution is -2.21. The van der Waals surface area contributed by atoms with Crippen LogP contribution in [0, 0.1) is 0 Å². The molecular formula is C23H28N6O3. The molecule has 3 rings (SSSR count). The van der Waals surface area contributed by atoms with Gasteiger partial charge < -0.3 is 31.2 Å². The van der Waals surface area contributed by atoms with Crippen molar-refractivity contribution in [1.82, 2.24) is 9.97 Å². The van der Waals surface area contributed by atoms with E-state index in [0.29, 0.717) is 30.2 Å². The third kappa shape index (κ3) is 5.64. The van der Waals surface area contributed by atoms with Crippen LogP contribution in [-0.4, -0.2) is 43.2 Å². The number of aromatic nitrogens is 2. The fraction of sp³-hybridized carbons (Fsp3) is 0.261. The molecule has 3 aromatic rings. The molecule has 32 heavy (non-hydrogen) atoms. The normalized spacial score (nSPS) is 10.6. The zero-order valence-corrected chi connectivity index (χ0v) is 18.5. The number of nitrogens with one attached hydrogen (secondary N) is 1. The Balaban J connectivity index is 1.89. The molecular weight excluding hydrogens is 408 g/mol. The van der Waals surface area contributed by atoms with Gasteiger partial charge in [-0.25, -0.2) is 4.98 Å². The van der Waals surface area contributed by atoms with E-state index in [-0.39, 0.29) is 17.4 Å². The van der Waals surface area contributed by atoms with E-state index in [1.807, 2.05) is 38.2 Å². The Hall–Kier alpha value is -3.85. The van der Waals surface area contributed by atoms with Gasteiger partial charge in [0, 0.05) is 43.8 Å². The fourth-order valence-electron chi connectivity index (χ4n) is 3.01. The van der Waals surface area contributed by atoms with Gasteiger partial charge in [-0.3, -0.25) is 4.79 Å². The number of aryl methyl sites for hydroxylation is 1. The molecule has 2 aromatic carbocycles. The molecule has 1 amide bonds. The van der Waals surface area contributed by atoms with Crippen LogP contribution >= 0.6 is 0 Å². The van der Waals surface area contributed by atoms with Crippen molar-refractivity contribution in [3.63, 3.8) is 0 Å². The molecule has 9 nitrogen and oxygen atoms in total. The van der Waals surface area contributed by atoms with Gasteiger partial charge >= 0.3 is 0 Å². The molecule has 0 saturated carbocycles. The summed E-state index contributed by atoms with van der Waals surface area (Å²) in [7, 11) is 3.66. The molecule has 0 aliphatic rings. The second kappa shape index (κ2) is 10.5. The van der Waals surface area contributed by atoms with E-state index in [1.165, 1.54) is 0 Å². The molecule has 0 atom stereocenters. The molecule has 5 N–H and O–H groups in total. The van der Waals surface area contributed by atoms with Gasteiger partial charge in [0.05, 0.1) is 6.61 Å². The number of carbonyl (C=O) groups excluding carboxylic acids is 1. The summed E-state index contributed by atoms with van der Waals surface area (Å²) < 4.78 is 11.0. The predicted molar refractivity (Wildman–Crippen MR) is 126 cm³/mol. The molecule has 0 spiro atoms. The number of hydrogen-bond donors (Lipinski definition) is 3. The summed E-state index contributed by atoms with van der Waals surface area (Å²) >= 11 is 0. The number of likely N-dealkylation sites (N-methyl/N-ethyl adjacent to an activating group) is 1. The van der Waals surface area contributed by atoms with E-state index in [9.17, 15) is 4.79 Å². The SMILES string of the molecule is CCc1nc(C(N)=O)c(Nc2ccc(N(C)CCOC)cc2)nc1Oc1cccc(N)c1. The van der Waals surface area contributed by atoms with E-state index in [1.54, 1.807) is 31.4 Å². The number of benzene rings is 2. The lowest BCUT2D eigenvalue weighted by atomic mass is 10.2. The Labute approximate surface area is 187 Å². The topological polar surface area (TPSA) is 129 Å². The lowest BCUT2D eigenvalue weighted by Gasteiger charge is -2.19. The first-order valence-corrected chi connectivity index (χ1v) is 10.2. The third-order valence-electron chi connectivity index (χ3n) is 4.77. The summed E-state index contributed by atoms with van der Waals surface area (Å²) in [6.45, 7) is 3.30. The first-order valence-electron chi connectivity index (χ1n) is 10.2. The van der Waals surface area contributed by atoms with Crippen molar-refractivity contribution < 1.29 is 14.3 Å². The van der Waals surface area contributed by atoms with Gasteiger partial charge in [0.15, 0.2) is 11.5 Å². The Morgan fingerprint density at radius 1 is 1.16 bits per heavy atom. The van der Waals surface area contributed by atoms with Crippen molar-refractivity contribution in [1.29, 1.82) is 0 Å². The van der Waals surface area contributed by atoms with E-state index >= 15 is 0 Å². The largest absolute Gasteiger partial charge is 0.437 e. The highest BCUT2D eigenvalue weighted by atomic mass is 16.5. The number of rotatable bonds is 10. The van der Waals surface area contributed by atoms with E-state index in [2.05, 4.69) is 20.2 Å². The molecule has 0 radical (unpaired) electrons. The number of nitrogens with two attached hydrogens (primary N) is 2. The zero-order chi connectivity index (χ0) is 23.1. The second-order valence-electron chi connectivity index (χ2n) is 7.15. The molecule has 0 aliphatic carbocycles. The number of ether oxygens (including phenoxy) is 2. The lowest BCUT2D eigenvalue weighted by molar-refractivity contribution is 0.0996. The summed E-state index contributed by atoms with van der Waals surface area (Å²) in [5.74, 6) is 0.340. The second-order valence-corrected chi connectivity index (χ2v) is 7.15. The molecule has 1 aromatic heterocycles. The van der Waals surface area contributed by atoms with Crippen molar-refractivity contribution in [2.45, 2.75) is 13.3 Å². The highest BCUT2D eigenvalue weighted by molar-refractivity contribution is 5.96.